The van der Waals surface area contributed by atoms with Crippen molar-refractivity contribution in [1.29, 1.82) is 0 Å². The number of hydrogen-bond acceptors (Lipinski definition) is 4. The van der Waals surface area contributed by atoms with E-state index in [9.17, 15) is 9.90 Å². The summed E-state index contributed by atoms with van der Waals surface area (Å²) in [5.74, 6) is 1.34. The topological polar surface area (TPSA) is 53.0 Å². The molecule has 5 nitrogen and oxygen atoms in total. The van der Waals surface area contributed by atoms with Crippen LogP contribution in [0.3, 0.4) is 0 Å². The molecule has 2 aromatic carbocycles. The summed E-state index contributed by atoms with van der Waals surface area (Å²) in [6.07, 6.45) is -0.559. The second-order valence-corrected chi connectivity index (χ2v) is 8.66. The average Bonchev–Trinajstić information content (AvgIpc) is 2.72. The molecule has 1 heterocycles. The van der Waals surface area contributed by atoms with Crippen LogP contribution >= 0.6 is 0 Å². The van der Waals surface area contributed by atoms with Gasteiger partial charge in [0, 0.05) is 38.3 Å². The Morgan fingerprint density at radius 1 is 1.00 bits per heavy atom. The van der Waals surface area contributed by atoms with Gasteiger partial charge in [0.25, 0.3) is 5.91 Å². The van der Waals surface area contributed by atoms with Crippen LogP contribution in [0.25, 0.3) is 0 Å². The van der Waals surface area contributed by atoms with Gasteiger partial charge in [0.2, 0.25) is 0 Å². The van der Waals surface area contributed by atoms with Crippen molar-refractivity contribution < 1.29 is 14.6 Å². The highest BCUT2D eigenvalue weighted by molar-refractivity contribution is 5.94. The van der Waals surface area contributed by atoms with Crippen molar-refractivity contribution >= 4 is 5.91 Å². The highest BCUT2D eigenvalue weighted by Crippen LogP contribution is 2.18. The minimum Gasteiger partial charge on any atom is -0.491 e. The lowest BCUT2D eigenvalue weighted by atomic mass is 10.0. The number of aliphatic hydroxyl groups excluding tert-OH is 1. The molecule has 1 amide bonds. The fourth-order valence-corrected chi connectivity index (χ4v) is 3.89. The van der Waals surface area contributed by atoms with Crippen LogP contribution in [0, 0.1) is 13.8 Å². The number of carbonyl (C=O) groups is 1. The number of rotatable bonds is 7. The van der Waals surface area contributed by atoms with Crippen LogP contribution in [0.2, 0.25) is 0 Å². The lowest BCUT2D eigenvalue weighted by Gasteiger charge is -2.35. The number of piperazine rings is 1. The number of aryl methyl sites for hydroxylation is 2. The molecule has 0 bridgehead atoms. The molecule has 1 N–H and O–H groups in total. The summed E-state index contributed by atoms with van der Waals surface area (Å²) >= 11 is 0. The Bertz CT molecular complexity index is 820. The lowest BCUT2D eigenvalue weighted by molar-refractivity contribution is 0.0403. The maximum Gasteiger partial charge on any atom is 0.253 e. The van der Waals surface area contributed by atoms with Crippen molar-refractivity contribution in [3.05, 3.63) is 64.7 Å². The first-order valence-corrected chi connectivity index (χ1v) is 10.8. The van der Waals surface area contributed by atoms with E-state index >= 15 is 0 Å². The first kappa shape index (κ1) is 22.3. The van der Waals surface area contributed by atoms with Crippen LogP contribution < -0.4 is 4.74 Å². The second-order valence-electron chi connectivity index (χ2n) is 8.66. The van der Waals surface area contributed by atoms with Gasteiger partial charge in [0.05, 0.1) is 0 Å². The molecule has 0 aliphatic carbocycles. The molecule has 1 saturated heterocycles. The Morgan fingerprint density at radius 2 is 1.60 bits per heavy atom. The van der Waals surface area contributed by atoms with Gasteiger partial charge in [-0.15, -0.1) is 0 Å². The van der Waals surface area contributed by atoms with Crippen LogP contribution in [-0.2, 0) is 0 Å². The quantitative estimate of drug-likeness (QED) is 0.757. The first-order valence-electron chi connectivity index (χ1n) is 10.8. The van der Waals surface area contributed by atoms with Crippen LogP contribution in [-0.4, -0.2) is 66.2 Å². The molecule has 3 rings (SSSR count). The third-order valence-electron chi connectivity index (χ3n) is 5.59. The number of hydrogen-bond donors (Lipinski definition) is 1. The molecule has 1 aliphatic rings. The van der Waals surface area contributed by atoms with Crippen LogP contribution in [0.5, 0.6) is 5.75 Å². The van der Waals surface area contributed by atoms with Crippen molar-refractivity contribution in [2.45, 2.75) is 39.7 Å². The van der Waals surface area contributed by atoms with E-state index in [-0.39, 0.29) is 12.5 Å². The van der Waals surface area contributed by atoms with Crippen molar-refractivity contribution in [3.8, 4) is 5.75 Å². The number of amides is 1. The molecule has 0 radical (unpaired) electrons. The summed E-state index contributed by atoms with van der Waals surface area (Å²) in [6.45, 7) is 12.1. The smallest absolute Gasteiger partial charge is 0.253 e. The van der Waals surface area contributed by atoms with E-state index in [0.717, 1.165) is 35.5 Å². The molecule has 2 aromatic rings. The SMILES string of the molecule is Cc1cc(C)cc(OCC(O)CN2CCN(C(=O)c3ccc(C(C)C)cc3)CC2)c1. The highest BCUT2D eigenvalue weighted by Gasteiger charge is 2.23. The van der Waals surface area contributed by atoms with E-state index in [0.29, 0.717) is 25.6 Å². The molecule has 1 atom stereocenters. The van der Waals surface area contributed by atoms with Gasteiger partial charge in [-0.2, -0.15) is 0 Å². The van der Waals surface area contributed by atoms with Crippen LogP contribution in [0.1, 0.15) is 46.8 Å². The van der Waals surface area contributed by atoms with Gasteiger partial charge in [-0.25, -0.2) is 0 Å². The Labute approximate surface area is 180 Å². The molecule has 162 valence electrons. The maximum atomic E-state index is 12.8. The van der Waals surface area contributed by atoms with Gasteiger partial charge in [0.15, 0.2) is 0 Å². The van der Waals surface area contributed by atoms with Gasteiger partial charge < -0.3 is 14.7 Å². The Kier molecular flexibility index (Phi) is 7.51. The molecule has 30 heavy (non-hydrogen) atoms. The molecule has 1 aliphatic heterocycles. The summed E-state index contributed by atoms with van der Waals surface area (Å²) in [7, 11) is 0. The van der Waals surface area contributed by atoms with Gasteiger partial charge in [0.1, 0.15) is 18.5 Å². The Hall–Kier alpha value is -2.37. The Morgan fingerprint density at radius 3 is 2.17 bits per heavy atom. The third-order valence-corrected chi connectivity index (χ3v) is 5.59. The predicted molar refractivity (Wildman–Crippen MR) is 120 cm³/mol. The minimum absolute atomic E-state index is 0.0867. The van der Waals surface area contributed by atoms with E-state index in [1.165, 1.54) is 5.56 Å². The van der Waals surface area contributed by atoms with Crippen molar-refractivity contribution in [2.75, 3.05) is 39.3 Å². The number of nitrogens with zero attached hydrogens (tertiary/aromatic N) is 2. The highest BCUT2D eigenvalue weighted by atomic mass is 16.5. The summed E-state index contributed by atoms with van der Waals surface area (Å²) in [6, 6.07) is 14.0. The van der Waals surface area contributed by atoms with Crippen LogP contribution in [0.15, 0.2) is 42.5 Å². The average molecular weight is 411 g/mol. The summed E-state index contributed by atoms with van der Waals surface area (Å²) in [4.78, 5) is 16.9. The zero-order valence-electron chi connectivity index (χ0n) is 18.6. The fourth-order valence-electron chi connectivity index (χ4n) is 3.89. The van der Waals surface area contributed by atoms with Crippen molar-refractivity contribution in [3.63, 3.8) is 0 Å². The fraction of sp³-hybridized carbons (Fsp3) is 0.480. The number of benzene rings is 2. The molecule has 0 saturated carbocycles. The summed E-state index contributed by atoms with van der Waals surface area (Å²) < 4.78 is 5.77. The molecular weight excluding hydrogens is 376 g/mol. The third kappa shape index (κ3) is 6.07. The number of ether oxygens (including phenoxy) is 1. The van der Waals surface area contributed by atoms with E-state index in [1.807, 2.05) is 55.1 Å². The van der Waals surface area contributed by atoms with Gasteiger partial charge in [-0.05, 0) is 60.7 Å². The van der Waals surface area contributed by atoms with E-state index in [1.54, 1.807) is 0 Å². The second kappa shape index (κ2) is 10.1. The molecule has 0 spiro atoms. The maximum absolute atomic E-state index is 12.8. The standard InChI is InChI=1S/C25H34N2O3/c1-18(2)21-5-7-22(8-6-21)25(29)27-11-9-26(10-12-27)16-23(28)17-30-24-14-19(3)13-20(4)15-24/h5-8,13-15,18,23,28H,9-12,16-17H2,1-4H3. The van der Waals surface area contributed by atoms with Gasteiger partial charge in [-0.3, -0.25) is 9.69 Å². The largest absolute Gasteiger partial charge is 0.491 e. The van der Waals surface area contributed by atoms with Gasteiger partial charge in [-0.1, -0.05) is 32.0 Å². The molecule has 1 unspecified atom stereocenters. The zero-order chi connectivity index (χ0) is 21.7. The zero-order valence-corrected chi connectivity index (χ0v) is 18.6. The van der Waals surface area contributed by atoms with E-state index in [4.69, 9.17) is 4.74 Å². The predicted octanol–water partition coefficient (Wildman–Crippen LogP) is 3.62. The normalized spacial score (nSPS) is 16.0. The lowest BCUT2D eigenvalue weighted by Crippen LogP contribution is -2.51. The minimum atomic E-state index is -0.559. The summed E-state index contributed by atoms with van der Waals surface area (Å²) in [5, 5.41) is 10.4. The van der Waals surface area contributed by atoms with Crippen molar-refractivity contribution in [1.82, 2.24) is 9.80 Å². The number of β-amino-alcohol motifs (C(OH)–C–C–N with tert-alkyl or cyclic N) is 1. The molecular formula is C25H34N2O3. The van der Waals surface area contributed by atoms with Crippen molar-refractivity contribution in [2.24, 2.45) is 0 Å². The first-order chi connectivity index (χ1) is 14.3. The Balaban J connectivity index is 1.44. The number of aliphatic hydroxyl groups is 1. The molecule has 0 aromatic heterocycles. The molecule has 1 fully saturated rings. The summed E-state index contributed by atoms with van der Waals surface area (Å²) in [5.41, 5.74) is 4.29. The van der Waals surface area contributed by atoms with E-state index in [2.05, 4.69) is 24.8 Å². The monoisotopic (exact) mass is 410 g/mol. The number of carbonyl (C=O) groups excluding carboxylic acids is 1. The molecule has 5 heteroatoms. The van der Waals surface area contributed by atoms with Gasteiger partial charge >= 0.3 is 0 Å². The van der Waals surface area contributed by atoms with E-state index < -0.39 is 6.10 Å². The van der Waals surface area contributed by atoms with Crippen LogP contribution in [0.4, 0.5) is 0 Å².